The lowest BCUT2D eigenvalue weighted by atomic mass is 10.1. The monoisotopic (exact) mass is 331 g/mol. The molecule has 0 bridgehead atoms. The van der Waals surface area contributed by atoms with Crippen molar-refractivity contribution in [3.8, 4) is 0 Å². The Morgan fingerprint density at radius 1 is 1.52 bits per heavy atom. The van der Waals surface area contributed by atoms with Gasteiger partial charge in [-0.2, -0.15) is 0 Å². The second kappa shape index (κ2) is 5.94. The first kappa shape index (κ1) is 16.3. The predicted octanol–water partition coefficient (Wildman–Crippen LogP) is 1.30. The van der Waals surface area contributed by atoms with Crippen LogP contribution in [0, 0.1) is 5.92 Å². The summed E-state index contributed by atoms with van der Waals surface area (Å²) in [5, 5.41) is 3.66. The summed E-state index contributed by atoms with van der Waals surface area (Å²) >= 11 is 1.13. The lowest BCUT2D eigenvalue weighted by molar-refractivity contribution is 0.102. The summed E-state index contributed by atoms with van der Waals surface area (Å²) in [5.74, 6) is 0.266. The summed E-state index contributed by atoms with van der Waals surface area (Å²) in [6.07, 6.45) is 2.20. The third kappa shape index (κ3) is 3.56. The van der Waals surface area contributed by atoms with Crippen molar-refractivity contribution in [1.29, 1.82) is 0 Å². The largest absolute Gasteiger partial charge is 0.396 e. The van der Waals surface area contributed by atoms with E-state index < -0.39 is 9.84 Å². The maximum absolute atomic E-state index is 11.9. The molecule has 118 valence electrons. The molecule has 0 aromatic carbocycles. The van der Waals surface area contributed by atoms with E-state index in [9.17, 15) is 13.2 Å². The van der Waals surface area contributed by atoms with E-state index in [1.807, 2.05) is 0 Å². The summed E-state index contributed by atoms with van der Waals surface area (Å²) in [6.45, 7) is 4.12. The number of rotatable bonds is 5. The smallest absolute Gasteiger partial charge is 0.180 e. The zero-order valence-electron chi connectivity index (χ0n) is 12.5. The number of hydrogen-bond donors (Lipinski definition) is 2. The molecule has 1 aromatic heterocycles. The van der Waals surface area contributed by atoms with Crippen molar-refractivity contribution in [3.05, 3.63) is 4.88 Å². The molecule has 1 aliphatic heterocycles. The number of sulfone groups is 1. The van der Waals surface area contributed by atoms with E-state index in [-0.39, 0.29) is 16.4 Å². The number of nitrogens with two attached hydrogens (primary N) is 1. The SMILES string of the molecule is CC(=O)c1sc(NCC2CCN(C)C2)c(S(C)(=O)=O)c1N. The van der Waals surface area contributed by atoms with Crippen molar-refractivity contribution < 1.29 is 13.2 Å². The number of likely N-dealkylation sites (tertiary alicyclic amines) is 1. The maximum atomic E-state index is 11.9. The fraction of sp³-hybridized carbons (Fsp3) is 0.615. The van der Waals surface area contributed by atoms with Gasteiger partial charge in [-0.15, -0.1) is 11.3 Å². The first-order chi connectivity index (χ1) is 9.70. The number of thiophene rings is 1. The molecule has 0 radical (unpaired) electrons. The Morgan fingerprint density at radius 2 is 2.19 bits per heavy atom. The number of carbonyl (C=O) groups is 1. The molecule has 1 saturated heterocycles. The summed E-state index contributed by atoms with van der Waals surface area (Å²) in [6, 6.07) is 0. The van der Waals surface area contributed by atoms with Crippen LogP contribution in [0.25, 0.3) is 0 Å². The second-order valence-corrected chi connectivity index (χ2v) is 8.60. The first-order valence-corrected chi connectivity index (χ1v) is 9.46. The average molecular weight is 331 g/mol. The van der Waals surface area contributed by atoms with Crippen LogP contribution in [0.4, 0.5) is 10.7 Å². The molecule has 0 saturated carbocycles. The molecule has 2 rings (SSSR count). The second-order valence-electron chi connectivity index (χ2n) is 5.63. The summed E-state index contributed by atoms with van der Waals surface area (Å²) in [4.78, 5) is 14.2. The molecule has 1 aromatic rings. The van der Waals surface area contributed by atoms with Gasteiger partial charge in [-0.25, -0.2) is 8.42 Å². The third-order valence-electron chi connectivity index (χ3n) is 3.63. The number of hydrogen-bond acceptors (Lipinski definition) is 7. The number of carbonyl (C=O) groups excluding carboxylic acids is 1. The van der Waals surface area contributed by atoms with E-state index in [1.54, 1.807) is 0 Å². The molecular weight excluding hydrogens is 310 g/mol. The average Bonchev–Trinajstić information content (AvgIpc) is 2.89. The van der Waals surface area contributed by atoms with Gasteiger partial charge >= 0.3 is 0 Å². The van der Waals surface area contributed by atoms with Crippen LogP contribution in [0.2, 0.25) is 0 Å². The highest BCUT2D eigenvalue weighted by Gasteiger charge is 2.27. The molecular formula is C13H21N3O3S2. The van der Waals surface area contributed by atoms with Gasteiger partial charge in [0.15, 0.2) is 15.6 Å². The third-order valence-corrected chi connectivity index (χ3v) is 6.19. The van der Waals surface area contributed by atoms with Crippen LogP contribution in [0.15, 0.2) is 4.90 Å². The quantitative estimate of drug-likeness (QED) is 0.790. The van der Waals surface area contributed by atoms with E-state index in [1.165, 1.54) is 6.92 Å². The highest BCUT2D eigenvalue weighted by Crippen LogP contribution is 2.39. The van der Waals surface area contributed by atoms with Crippen molar-refractivity contribution in [2.75, 3.05) is 44.0 Å². The zero-order chi connectivity index (χ0) is 15.8. The lowest BCUT2D eigenvalue weighted by Crippen LogP contribution is -2.19. The molecule has 1 aliphatic rings. The molecule has 6 nitrogen and oxygen atoms in total. The molecule has 3 N–H and O–H groups in total. The van der Waals surface area contributed by atoms with Crippen LogP contribution in [0.3, 0.4) is 0 Å². The van der Waals surface area contributed by atoms with Gasteiger partial charge in [0.2, 0.25) is 0 Å². The van der Waals surface area contributed by atoms with Crippen LogP contribution in [-0.4, -0.2) is 52.0 Å². The van der Waals surface area contributed by atoms with Crippen LogP contribution >= 0.6 is 11.3 Å². The maximum Gasteiger partial charge on any atom is 0.180 e. The van der Waals surface area contributed by atoms with Crippen molar-refractivity contribution in [2.24, 2.45) is 5.92 Å². The van der Waals surface area contributed by atoms with Gasteiger partial charge in [0.25, 0.3) is 0 Å². The van der Waals surface area contributed by atoms with Gasteiger partial charge < -0.3 is 16.0 Å². The van der Waals surface area contributed by atoms with E-state index in [4.69, 9.17) is 5.73 Å². The molecule has 0 spiro atoms. The molecule has 1 atom stereocenters. The van der Waals surface area contributed by atoms with Gasteiger partial charge in [-0.05, 0) is 25.9 Å². The number of ketones is 1. The minimum atomic E-state index is -3.47. The predicted molar refractivity (Wildman–Crippen MR) is 85.9 cm³/mol. The van der Waals surface area contributed by atoms with Crippen molar-refractivity contribution >= 4 is 37.6 Å². The topological polar surface area (TPSA) is 92.5 Å². The molecule has 0 aliphatic carbocycles. The van der Waals surface area contributed by atoms with Gasteiger partial charge in [-0.3, -0.25) is 4.79 Å². The zero-order valence-corrected chi connectivity index (χ0v) is 14.1. The molecule has 2 heterocycles. The van der Waals surface area contributed by atoms with E-state index >= 15 is 0 Å². The number of Topliss-reactive ketones (excluding diaryl/α,β-unsaturated/α-hetero) is 1. The molecule has 21 heavy (non-hydrogen) atoms. The van der Waals surface area contributed by atoms with Crippen LogP contribution < -0.4 is 11.1 Å². The fourth-order valence-electron chi connectivity index (χ4n) is 2.60. The van der Waals surface area contributed by atoms with Crippen LogP contribution in [-0.2, 0) is 9.84 Å². The van der Waals surface area contributed by atoms with E-state index in [2.05, 4.69) is 17.3 Å². The standard InChI is InChI=1S/C13H21N3O3S2/c1-8(17)11-10(14)12(21(3,18)19)13(20-11)15-6-9-4-5-16(2)7-9/h9,15H,4-7,14H2,1-3H3. The fourth-order valence-corrected chi connectivity index (χ4v) is 5.08. The van der Waals surface area contributed by atoms with Gasteiger partial charge in [0, 0.05) is 26.3 Å². The first-order valence-electron chi connectivity index (χ1n) is 6.75. The summed E-state index contributed by atoms with van der Waals surface area (Å²) < 4.78 is 23.9. The van der Waals surface area contributed by atoms with Gasteiger partial charge in [0.05, 0.1) is 10.6 Å². The minimum Gasteiger partial charge on any atom is -0.396 e. The summed E-state index contributed by atoms with van der Waals surface area (Å²) in [7, 11) is -1.40. The Kier molecular flexibility index (Phi) is 4.60. The van der Waals surface area contributed by atoms with Crippen molar-refractivity contribution in [1.82, 2.24) is 4.90 Å². The highest BCUT2D eigenvalue weighted by molar-refractivity contribution is 7.91. The van der Waals surface area contributed by atoms with Gasteiger partial charge in [0.1, 0.15) is 9.90 Å². The molecule has 8 heteroatoms. The summed E-state index contributed by atoms with van der Waals surface area (Å²) in [5.41, 5.74) is 5.93. The molecule has 1 fully saturated rings. The van der Waals surface area contributed by atoms with Crippen LogP contribution in [0.5, 0.6) is 0 Å². The van der Waals surface area contributed by atoms with Crippen molar-refractivity contribution in [3.63, 3.8) is 0 Å². The Labute approximate surface area is 129 Å². The number of nitrogens with zero attached hydrogens (tertiary/aromatic N) is 1. The molecule has 0 amide bonds. The normalized spacial score (nSPS) is 19.9. The minimum absolute atomic E-state index is 0.0593. The Balaban J connectivity index is 2.26. The number of nitrogen functional groups attached to an aromatic ring is 1. The van der Waals surface area contributed by atoms with E-state index in [0.717, 1.165) is 37.1 Å². The number of nitrogens with one attached hydrogen (secondary N) is 1. The number of anilines is 2. The Morgan fingerprint density at radius 3 is 2.67 bits per heavy atom. The Hall–Kier alpha value is -1.12. The van der Waals surface area contributed by atoms with Crippen LogP contribution in [0.1, 0.15) is 23.0 Å². The highest BCUT2D eigenvalue weighted by atomic mass is 32.2. The van der Waals surface area contributed by atoms with Gasteiger partial charge in [-0.1, -0.05) is 0 Å². The van der Waals surface area contributed by atoms with Crippen molar-refractivity contribution in [2.45, 2.75) is 18.2 Å². The van der Waals surface area contributed by atoms with E-state index in [0.29, 0.717) is 22.3 Å². The Bertz CT molecular complexity index is 652. The molecule has 1 unspecified atom stereocenters. The lowest BCUT2D eigenvalue weighted by Gasteiger charge is -2.12.